The molecular weight excluding hydrogens is 419 g/mol. The topological polar surface area (TPSA) is 69.2 Å². The summed E-state index contributed by atoms with van der Waals surface area (Å²) in [4.78, 5) is 6.46. The zero-order valence-corrected chi connectivity index (χ0v) is 18.2. The SMILES string of the molecule is CC(C)n1nc(-c2cnc(N)c(C(F)(F)F)c2)cc1[C@@H]1[C@@H]2C[C@H](N3C[C@@H]4C[C@H]3CO4)C[C@@H]21. The fraction of sp³-hybridized carbons (Fsp3) is 0.652. The molecule has 4 aliphatic rings. The summed E-state index contributed by atoms with van der Waals surface area (Å²) in [5.41, 5.74) is 6.58. The maximum absolute atomic E-state index is 13.3. The Labute approximate surface area is 184 Å². The van der Waals surface area contributed by atoms with Crippen molar-refractivity contribution in [2.75, 3.05) is 18.9 Å². The largest absolute Gasteiger partial charge is 0.419 e. The summed E-state index contributed by atoms with van der Waals surface area (Å²) in [5, 5.41) is 4.69. The molecule has 6 atom stereocenters. The van der Waals surface area contributed by atoms with E-state index in [0.717, 1.165) is 24.9 Å². The number of nitrogens with zero attached hydrogens (tertiary/aromatic N) is 4. The van der Waals surface area contributed by atoms with Gasteiger partial charge in [0.05, 0.1) is 24.0 Å². The highest BCUT2D eigenvalue weighted by molar-refractivity contribution is 5.63. The van der Waals surface area contributed by atoms with Gasteiger partial charge in [-0.25, -0.2) is 4.98 Å². The number of nitrogens with two attached hydrogens (primary N) is 1. The first-order valence-electron chi connectivity index (χ1n) is 11.5. The van der Waals surface area contributed by atoms with Gasteiger partial charge in [-0.05, 0) is 57.1 Å². The second kappa shape index (κ2) is 6.93. The maximum atomic E-state index is 13.3. The Morgan fingerprint density at radius 1 is 1.12 bits per heavy atom. The van der Waals surface area contributed by atoms with Crippen molar-refractivity contribution in [3.8, 4) is 11.3 Å². The maximum Gasteiger partial charge on any atom is 0.419 e. The average Bonchev–Trinajstić information content (AvgIpc) is 3.31. The lowest BCUT2D eigenvalue weighted by Crippen LogP contribution is -2.43. The van der Waals surface area contributed by atoms with Crippen LogP contribution in [0.5, 0.6) is 0 Å². The molecule has 2 aliphatic carbocycles. The van der Waals surface area contributed by atoms with Gasteiger partial charge in [-0.3, -0.25) is 9.58 Å². The zero-order valence-electron chi connectivity index (χ0n) is 18.2. The number of ether oxygens (including phenoxy) is 1. The molecule has 0 spiro atoms. The highest BCUT2D eigenvalue weighted by atomic mass is 19.4. The molecule has 2 N–H and O–H groups in total. The van der Waals surface area contributed by atoms with Crippen LogP contribution in [0.4, 0.5) is 19.0 Å². The number of aromatic nitrogens is 3. The first-order valence-corrected chi connectivity index (χ1v) is 11.5. The number of alkyl halides is 3. The minimum absolute atomic E-state index is 0.131. The molecule has 6 rings (SSSR count). The quantitative estimate of drug-likeness (QED) is 0.765. The lowest BCUT2D eigenvalue weighted by Gasteiger charge is -2.33. The van der Waals surface area contributed by atoms with Gasteiger partial charge in [-0.2, -0.15) is 18.3 Å². The van der Waals surface area contributed by atoms with Gasteiger partial charge in [0.15, 0.2) is 0 Å². The summed E-state index contributed by atoms with van der Waals surface area (Å²) in [6.07, 6.45) is 0.827. The van der Waals surface area contributed by atoms with E-state index in [1.165, 1.54) is 25.5 Å². The molecule has 0 aromatic carbocycles. The van der Waals surface area contributed by atoms with Crippen LogP contribution in [-0.2, 0) is 10.9 Å². The Bertz CT molecular complexity index is 1040. The van der Waals surface area contributed by atoms with Gasteiger partial charge >= 0.3 is 6.18 Å². The Hall–Kier alpha value is -2.13. The molecule has 0 amide bonds. The smallest absolute Gasteiger partial charge is 0.383 e. The van der Waals surface area contributed by atoms with Crippen LogP contribution in [0.25, 0.3) is 11.3 Å². The van der Waals surface area contributed by atoms with Gasteiger partial charge in [0.2, 0.25) is 0 Å². The number of morpholine rings is 1. The van der Waals surface area contributed by atoms with Crippen LogP contribution in [0.3, 0.4) is 0 Å². The molecule has 172 valence electrons. The molecule has 0 radical (unpaired) electrons. The van der Waals surface area contributed by atoms with Crippen molar-refractivity contribution in [3.63, 3.8) is 0 Å². The minimum atomic E-state index is -4.54. The van der Waals surface area contributed by atoms with Gasteiger partial charge in [-0.1, -0.05) is 0 Å². The van der Waals surface area contributed by atoms with E-state index in [-0.39, 0.29) is 6.04 Å². The van der Waals surface area contributed by atoms with E-state index in [9.17, 15) is 13.2 Å². The summed E-state index contributed by atoms with van der Waals surface area (Å²) in [5.74, 6) is 1.21. The molecule has 2 saturated carbocycles. The van der Waals surface area contributed by atoms with Crippen molar-refractivity contribution < 1.29 is 17.9 Å². The molecule has 2 aliphatic heterocycles. The third-order valence-corrected chi connectivity index (χ3v) is 7.95. The molecule has 6 nitrogen and oxygen atoms in total. The normalized spacial score (nSPS) is 33.9. The van der Waals surface area contributed by atoms with Crippen molar-refractivity contribution in [3.05, 3.63) is 29.6 Å². The number of likely N-dealkylation sites (tertiary alicyclic amines) is 1. The number of hydrogen-bond donors (Lipinski definition) is 1. The van der Waals surface area contributed by atoms with E-state index < -0.39 is 17.6 Å². The molecule has 2 saturated heterocycles. The van der Waals surface area contributed by atoms with Crippen LogP contribution >= 0.6 is 0 Å². The molecule has 9 heteroatoms. The Kier molecular flexibility index (Phi) is 4.44. The van der Waals surface area contributed by atoms with Crippen molar-refractivity contribution in [1.29, 1.82) is 0 Å². The van der Waals surface area contributed by atoms with Crippen LogP contribution in [0.15, 0.2) is 18.3 Å². The second-order valence-electron chi connectivity index (χ2n) is 10.2. The number of anilines is 1. The number of hydrogen-bond acceptors (Lipinski definition) is 5. The Morgan fingerprint density at radius 3 is 2.47 bits per heavy atom. The average molecular weight is 448 g/mol. The number of halogens is 3. The summed E-state index contributed by atoms with van der Waals surface area (Å²) < 4.78 is 47.7. The van der Waals surface area contributed by atoms with Gasteiger partial charge in [0.1, 0.15) is 5.82 Å². The lowest BCUT2D eigenvalue weighted by molar-refractivity contribution is -0.137. The molecule has 4 fully saturated rings. The van der Waals surface area contributed by atoms with Crippen molar-refractivity contribution in [1.82, 2.24) is 19.7 Å². The first-order chi connectivity index (χ1) is 15.2. The third kappa shape index (κ3) is 3.15. The molecule has 2 aromatic rings. The zero-order chi connectivity index (χ0) is 22.4. The third-order valence-electron chi connectivity index (χ3n) is 7.95. The van der Waals surface area contributed by atoms with Crippen molar-refractivity contribution >= 4 is 5.82 Å². The van der Waals surface area contributed by atoms with Crippen LogP contribution in [0.1, 0.15) is 56.3 Å². The summed E-state index contributed by atoms with van der Waals surface area (Å²) in [6.45, 7) is 6.06. The highest BCUT2D eigenvalue weighted by Crippen LogP contribution is 2.64. The van der Waals surface area contributed by atoms with Gasteiger partial charge in [-0.15, -0.1) is 0 Å². The summed E-state index contributed by atoms with van der Waals surface area (Å²) in [7, 11) is 0. The van der Waals surface area contributed by atoms with E-state index in [0.29, 0.717) is 47.2 Å². The lowest BCUT2D eigenvalue weighted by atomic mass is 10.0. The fourth-order valence-electron chi connectivity index (χ4n) is 6.45. The van der Waals surface area contributed by atoms with Gasteiger partial charge < -0.3 is 10.5 Å². The molecule has 2 aromatic heterocycles. The van der Waals surface area contributed by atoms with Crippen LogP contribution < -0.4 is 5.73 Å². The molecule has 2 bridgehead atoms. The molecule has 4 heterocycles. The Morgan fingerprint density at radius 2 is 1.88 bits per heavy atom. The predicted molar refractivity (Wildman–Crippen MR) is 113 cm³/mol. The molecular formula is C23H28F3N5O. The van der Waals surface area contributed by atoms with Crippen LogP contribution in [0.2, 0.25) is 0 Å². The molecule has 0 unspecified atom stereocenters. The fourth-order valence-corrected chi connectivity index (χ4v) is 6.45. The standard InChI is InChI=1S/C23H28F3N5O/c1-11(2)31-20(7-19(29-31)12-3-18(23(24,25)26)22(27)28-8-12)21-16-5-13(6-17(16)21)30-9-15-4-14(30)10-32-15/h3,7-8,11,13-17,21H,4-6,9-10H2,1-2H3,(H2,27,28)/t13-,14-,15-,16+,17-,21+/m0/s1. The van der Waals surface area contributed by atoms with E-state index in [1.54, 1.807) is 0 Å². The molecule has 32 heavy (non-hydrogen) atoms. The van der Waals surface area contributed by atoms with E-state index in [2.05, 4.69) is 23.7 Å². The predicted octanol–water partition coefficient (Wildman–Crippen LogP) is 4.09. The van der Waals surface area contributed by atoms with Crippen molar-refractivity contribution in [2.24, 2.45) is 11.8 Å². The summed E-state index contributed by atoms with van der Waals surface area (Å²) >= 11 is 0. The van der Waals surface area contributed by atoms with Gasteiger partial charge in [0.25, 0.3) is 0 Å². The van der Waals surface area contributed by atoms with Crippen LogP contribution in [-0.4, -0.2) is 51.0 Å². The number of nitrogen functional groups attached to an aromatic ring is 1. The van der Waals surface area contributed by atoms with E-state index >= 15 is 0 Å². The minimum Gasteiger partial charge on any atom is -0.383 e. The summed E-state index contributed by atoms with van der Waals surface area (Å²) in [6, 6.07) is 4.40. The van der Waals surface area contributed by atoms with Crippen molar-refractivity contribution in [2.45, 2.75) is 69.4 Å². The number of rotatable bonds is 4. The monoisotopic (exact) mass is 447 g/mol. The van der Waals surface area contributed by atoms with E-state index in [1.807, 2.05) is 10.7 Å². The van der Waals surface area contributed by atoms with E-state index in [4.69, 9.17) is 15.6 Å². The Balaban J connectivity index is 1.24. The second-order valence-corrected chi connectivity index (χ2v) is 10.2. The first kappa shape index (κ1) is 20.5. The highest BCUT2D eigenvalue weighted by Gasteiger charge is 2.60. The number of pyridine rings is 1. The van der Waals surface area contributed by atoms with Gasteiger partial charge in [0, 0.05) is 48.0 Å². The number of fused-ring (bicyclic) bond motifs is 3. The van der Waals surface area contributed by atoms with Crippen LogP contribution in [0, 0.1) is 11.8 Å².